The van der Waals surface area contributed by atoms with Crippen molar-refractivity contribution in [3.05, 3.63) is 50.6 Å². The first-order valence-corrected chi connectivity index (χ1v) is 6.15. The van der Waals surface area contributed by atoms with Crippen molar-refractivity contribution in [2.75, 3.05) is 0 Å². The van der Waals surface area contributed by atoms with Gasteiger partial charge < -0.3 is 9.67 Å². The number of phenolic OH excluding ortho intramolecular Hbond substituents is 1. The van der Waals surface area contributed by atoms with Gasteiger partial charge >= 0.3 is 6.18 Å². The number of aryl methyl sites for hydroxylation is 1. The van der Waals surface area contributed by atoms with E-state index in [1.165, 1.54) is 12.1 Å². The molecule has 1 N–H and O–H groups in total. The molecule has 0 aliphatic heterocycles. The molecule has 115 valence electrons. The van der Waals surface area contributed by atoms with Gasteiger partial charge in [0.1, 0.15) is 5.69 Å². The molecule has 0 spiro atoms. The zero-order chi connectivity index (χ0) is 15.9. The van der Waals surface area contributed by atoms with Crippen LogP contribution in [0.3, 0.4) is 0 Å². The van der Waals surface area contributed by atoms with E-state index in [2.05, 4.69) is 6.07 Å². The first-order valence-electron chi connectivity index (χ1n) is 5.75. The number of nitrogens with zero attached hydrogens (tertiary/aromatic N) is 2. The van der Waals surface area contributed by atoms with Crippen molar-refractivity contribution in [2.45, 2.75) is 13.1 Å². The van der Waals surface area contributed by atoms with Crippen molar-refractivity contribution in [1.82, 2.24) is 9.13 Å². The van der Waals surface area contributed by atoms with Gasteiger partial charge in [0.05, 0.1) is 0 Å². The zero-order valence-corrected chi connectivity index (χ0v) is 15.3. The molecule has 1 aromatic carbocycles. The van der Waals surface area contributed by atoms with Crippen molar-refractivity contribution in [3.63, 3.8) is 0 Å². The smallest absolute Gasteiger partial charge is 0.431 e. The van der Waals surface area contributed by atoms with Crippen LogP contribution in [0.4, 0.5) is 13.2 Å². The molecule has 0 atom stereocenters. The number of phenols is 1. The maximum atomic E-state index is 12.8. The van der Waals surface area contributed by atoms with Gasteiger partial charge in [0.25, 0.3) is 5.56 Å². The standard InChI is InChI=1S/C13H10F3N2O2S.Y/c1-7-3-4-8(9(19)5-7)18-11(20)6-10(13(14,15)16)17(2)12(18)21;/h3,5-6,19H,1-2H3;/q-1;. The summed E-state index contributed by atoms with van der Waals surface area (Å²) >= 11 is 4.91. The van der Waals surface area contributed by atoms with Gasteiger partial charge in [-0.1, -0.05) is 6.92 Å². The maximum absolute atomic E-state index is 12.8. The summed E-state index contributed by atoms with van der Waals surface area (Å²) in [6.07, 6.45) is -4.69. The summed E-state index contributed by atoms with van der Waals surface area (Å²) in [5.41, 5.74) is -1.53. The summed E-state index contributed by atoms with van der Waals surface area (Å²) < 4.78 is 39.5. The third kappa shape index (κ3) is 3.50. The molecule has 0 aliphatic carbocycles. The van der Waals surface area contributed by atoms with Crippen LogP contribution in [0.15, 0.2) is 23.0 Å². The minimum absolute atomic E-state index is 0. The Kier molecular flexibility index (Phi) is 5.75. The molecule has 0 saturated carbocycles. The van der Waals surface area contributed by atoms with Gasteiger partial charge in [-0.25, -0.2) is 0 Å². The average molecular weight is 404 g/mol. The Morgan fingerprint density at radius 2 is 1.91 bits per heavy atom. The van der Waals surface area contributed by atoms with Crippen molar-refractivity contribution in [3.8, 4) is 11.4 Å². The third-order valence-corrected chi connectivity index (χ3v) is 3.33. The molecule has 2 rings (SSSR count). The molecule has 1 aromatic heterocycles. The monoisotopic (exact) mass is 404 g/mol. The largest absolute Gasteiger partial charge is 0.564 e. The molecule has 1 radical (unpaired) electrons. The molecule has 0 amide bonds. The van der Waals surface area contributed by atoms with Gasteiger partial charge in [-0.15, -0.1) is 6.07 Å². The molecular weight excluding hydrogens is 394 g/mol. The van der Waals surface area contributed by atoms with Crippen LogP contribution in [0.2, 0.25) is 0 Å². The summed E-state index contributed by atoms with van der Waals surface area (Å²) in [7, 11) is 1.10. The third-order valence-electron chi connectivity index (χ3n) is 2.88. The van der Waals surface area contributed by atoms with E-state index in [1.54, 1.807) is 6.92 Å². The van der Waals surface area contributed by atoms with Gasteiger partial charge in [-0.2, -0.15) is 30.9 Å². The van der Waals surface area contributed by atoms with Crippen molar-refractivity contribution < 1.29 is 51.0 Å². The molecule has 0 bridgehead atoms. The SMILES string of the molecule is Cc1c[c-]c(-n2c(=O)cc(C(F)(F)F)n(C)c2=S)c(O)c1.[Y]. The number of aromatic nitrogens is 2. The first kappa shape index (κ1) is 19.1. The van der Waals surface area contributed by atoms with Crippen LogP contribution in [-0.4, -0.2) is 14.2 Å². The van der Waals surface area contributed by atoms with E-state index < -0.39 is 17.4 Å². The molecule has 0 unspecified atom stereocenters. The molecule has 4 nitrogen and oxygen atoms in total. The molecule has 9 heteroatoms. The fourth-order valence-corrected chi connectivity index (χ4v) is 2.14. The van der Waals surface area contributed by atoms with Gasteiger partial charge in [-0.05, 0) is 17.9 Å². The Labute approximate surface area is 154 Å². The van der Waals surface area contributed by atoms with E-state index in [0.29, 0.717) is 16.2 Å². The van der Waals surface area contributed by atoms with Crippen LogP contribution in [0.25, 0.3) is 5.69 Å². The molecule has 0 fully saturated rings. The second-order valence-corrected chi connectivity index (χ2v) is 4.82. The van der Waals surface area contributed by atoms with Gasteiger partial charge in [0, 0.05) is 51.6 Å². The Hall–Kier alpha value is -0.986. The minimum Gasteiger partial charge on any atom is -0.564 e. The summed E-state index contributed by atoms with van der Waals surface area (Å²) in [6, 6.07) is 5.93. The van der Waals surface area contributed by atoms with Gasteiger partial charge in [0.15, 0.2) is 4.77 Å². The predicted molar refractivity (Wildman–Crippen MR) is 72.1 cm³/mol. The number of aromatic hydroxyl groups is 1. The number of hydrogen-bond acceptors (Lipinski definition) is 3. The van der Waals surface area contributed by atoms with Crippen LogP contribution in [0.1, 0.15) is 11.3 Å². The molecule has 1 heterocycles. The van der Waals surface area contributed by atoms with Crippen LogP contribution >= 0.6 is 12.2 Å². The molecule has 22 heavy (non-hydrogen) atoms. The molecule has 0 aliphatic rings. The van der Waals surface area contributed by atoms with Crippen LogP contribution < -0.4 is 5.56 Å². The van der Waals surface area contributed by atoms with Crippen molar-refractivity contribution in [2.24, 2.45) is 7.05 Å². The van der Waals surface area contributed by atoms with E-state index in [4.69, 9.17) is 12.2 Å². The second kappa shape index (κ2) is 6.64. The summed E-state index contributed by atoms with van der Waals surface area (Å²) in [5, 5.41) is 9.84. The Balaban J connectivity index is 0.00000242. The first-order chi connectivity index (χ1) is 9.62. The number of halogens is 3. The quantitative estimate of drug-likeness (QED) is 0.588. The minimum atomic E-state index is -4.69. The van der Waals surface area contributed by atoms with E-state index in [9.17, 15) is 23.1 Å². The Morgan fingerprint density at radius 1 is 1.32 bits per heavy atom. The van der Waals surface area contributed by atoms with Crippen molar-refractivity contribution in [1.29, 1.82) is 0 Å². The summed E-state index contributed by atoms with van der Waals surface area (Å²) in [6.45, 7) is 1.70. The number of rotatable bonds is 1. The topological polar surface area (TPSA) is 47.2 Å². The maximum Gasteiger partial charge on any atom is 0.431 e. The number of alkyl halides is 3. The van der Waals surface area contributed by atoms with Crippen molar-refractivity contribution >= 4 is 12.2 Å². The van der Waals surface area contributed by atoms with Crippen LogP contribution in [-0.2, 0) is 45.9 Å². The number of hydrogen-bond donors (Lipinski definition) is 1. The summed E-state index contributed by atoms with van der Waals surface area (Å²) in [5.74, 6) is -0.289. The fourth-order valence-electron chi connectivity index (χ4n) is 1.86. The predicted octanol–water partition coefficient (Wildman–Crippen LogP) is 2.74. The number of benzene rings is 1. The van der Waals surface area contributed by atoms with Gasteiger partial charge in [0.2, 0.25) is 0 Å². The normalized spacial score (nSPS) is 11.1. The van der Waals surface area contributed by atoms with E-state index in [1.807, 2.05) is 0 Å². The Morgan fingerprint density at radius 3 is 2.41 bits per heavy atom. The van der Waals surface area contributed by atoms with E-state index in [0.717, 1.165) is 11.6 Å². The van der Waals surface area contributed by atoms with Gasteiger partial charge in [-0.3, -0.25) is 9.36 Å². The summed E-state index contributed by atoms with van der Waals surface area (Å²) in [4.78, 5) is 11.9. The fraction of sp³-hybridized carbons (Fsp3) is 0.231. The average Bonchev–Trinajstić information content (AvgIpc) is 2.35. The molecule has 2 aromatic rings. The Bertz CT molecular complexity index is 828. The zero-order valence-electron chi connectivity index (χ0n) is 11.6. The molecule has 0 saturated heterocycles. The van der Waals surface area contributed by atoms with E-state index in [-0.39, 0.29) is 48.9 Å². The van der Waals surface area contributed by atoms with Crippen LogP contribution in [0, 0.1) is 17.8 Å². The molecular formula is C13H10F3N2O2SY-. The second-order valence-electron chi connectivity index (χ2n) is 4.45. The van der Waals surface area contributed by atoms with Crippen LogP contribution in [0.5, 0.6) is 5.75 Å². The van der Waals surface area contributed by atoms with E-state index >= 15 is 0 Å².